The standard InChI is InChI=1S/C24H41NO4/c1-13(4-7-21(25)29)16-5-6-17-22-18(12-20(28)24(16,17)3)23(2)9-8-15(26)10-14(23)11-19(22)27/h13-20,22,26-28H,4-12H2,1-3H3,(H2,25,29)/t13-,14-,15-,16-,17+,18+,19-,20+,22+,23+,24-/m1/s1. The van der Waals surface area contributed by atoms with Gasteiger partial charge in [-0.25, -0.2) is 0 Å². The van der Waals surface area contributed by atoms with Gasteiger partial charge in [-0.05, 0) is 97.7 Å². The van der Waals surface area contributed by atoms with Crippen LogP contribution in [0.5, 0.6) is 0 Å². The van der Waals surface area contributed by atoms with Gasteiger partial charge < -0.3 is 21.1 Å². The SMILES string of the molecule is C[C@H](CCC(N)=O)[C@H]1CC[C@H]2[C@@H]3[C@H](O)C[C@H]4C[C@H](O)CC[C@]4(C)[C@H]3C[C@H](O)[C@]12C. The Bertz CT molecular complexity index is 640. The van der Waals surface area contributed by atoms with Gasteiger partial charge in [0, 0.05) is 6.42 Å². The van der Waals surface area contributed by atoms with Crippen LogP contribution in [0, 0.1) is 46.3 Å². The van der Waals surface area contributed by atoms with E-state index < -0.39 is 0 Å². The number of hydrogen-bond acceptors (Lipinski definition) is 4. The second-order valence-corrected chi connectivity index (χ2v) is 11.5. The molecule has 11 atom stereocenters. The predicted molar refractivity (Wildman–Crippen MR) is 112 cm³/mol. The first kappa shape index (κ1) is 21.6. The molecule has 4 rings (SSSR count). The number of amides is 1. The first-order valence-corrected chi connectivity index (χ1v) is 11.9. The molecule has 4 aliphatic carbocycles. The van der Waals surface area contributed by atoms with Gasteiger partial charge in [0.15, 0.2) is 0 Å². The van der Waals surface area contributed by atoms with Crippen LogP contribution in [0.3, 0.4) is 0 Å². The Morgan fingerprint density at radius 3 is 2.48 bits per heavy atom. The zero-order chi connectivity index (χ0) is 21.1. The average molecular weight is 408 g/mol. The molecule has 0 saturated heterocycles. The number of aliphatic hydroxyl groups excluding tert-OH is 3. The molecule has 29 heavy (non-hydrogen) atoms. The maximum atomic E-state index is 11.5. The number of hydrogen-bond donors (Lipinski definition) is 4. The Labute approximate surface area is 175 Å². The Morgan fingerprint density at radius 2 is 1.79 bits per heavy atom. The van der Waals surface area contributed by atoms with Crippen LogP contribution in [-0.2, 0) is 4.79 Å². The summed E-state index contributed by atoms with van der Waals surface area (Å²) in [7, 11) is 0. The highest BCUT2D eigenvalue weighted by molar-refractivity contribution is 5.73. The van der Waals surface area contributed by atoms with Gasteiger partial charge in [-0.1, -0.05) is 20.8 Å². The van der Waals surface area contributed by atoms with Crippen molar-refractivity contribution < 1.29 is 20.1 Å². The zero-order valence-electron chi connectivity index (χ0n) is 18.4. The molecule has 0 heterocycles. The van der Waals surface area contributed by atoms with E-state index >= 15 is 0 Å². The first-order valence-electron chi connectivity index (χ1n) is 11.9. The first-order chi connectivity index (χ1) is 13.6. The second-order valence-electron chi connectivity index (χ2n) is 11.5. The van der Waals surface area contributed by atoms with Crippen LogP contribution in [0.4, 0.5) is 0 Å². The molecule has 0 aliphatic heterocycles. The fraction of sp³-hybridized carbons (Fsp3) is 0.958. The summed E-state index contributed by atoms with van der Waals surface area (Å²) < 4.78 is 0. The maximum absolute atomic E-state index is 11.5. The molecule has 4 aliphatic rings. The maximum Gasteiger partial charge on any atom is 0.217 e. The molecule has 0 spiro atoms. The molecular weight excluding hydrogens is 366 g/mol. The molecule has 0 radical (unpaired) electrons. The smallest absolute Gasteiger partial charge is 0.217 e. The number of carbonyl (C=O) groups is 1. The lowest BCUT2D eigenvalue weighted by atomic mass is 9.43. The van der Waals surface area contributed by atoms with E-state index in [1.165, 1.54) is 0 Å². The van der Waals surface area contributed by atoms with Crippen LogP contribution < -0.4 is 5.73 Å². The van der Waals surface area contributed by atoms with E-state index in [0.717, 1.165) is 51.4 Å². The molecule has 4 fully saturated rings. The molecule has 5 nitrogen and oxygen atoms in total. The van der Waals surface area contributed by atoms with E-state index in [1.54, 1.807) is 0 Å². The van der Waals surface area contributed by atoms with Gasteiger partial charge in [-0.3, -0.25) is 4.79 Å². The second kappa shape index (κ2) is 7.49. The van der Waals surface area contributed by atoms with Gasteiger partial charge in [0.2, 0.25) is 5.91 Å². The van der Waals surface area contributed by atoms with Crippen molar-refractivity contribution in [2.75, 3.05) is 0 Å². The van der Waals surface area contributed by atoms with Crippen LogP contribution in [-0.4, -0.2) is 39.5 Å². The van der Waals surface area contributed by atoms with E-state index in [-0.39, 0.29) is 41.0 Å². The van der Waals surface area contributed by atoms with Gasteiger partial charge in [0.1, 0.15) is 0 Å². The lowest BCUT2D eigenvalue weighted by molar-refractivity contribution is -0.207. The third-order valence-electron chi connectivity index (χ3n) is 10.4. The molecular formula is C24H41NO4. The molecule has 4 saturated carbocycles. The Kier molecular flexibility index (Phi) is 5.57. The van der Waals surface area contributed by atoms with Gasteiger partial charge in [-0.2, -0.15) is 0 Å². The summed E-state index contributed by atoms with van der Waals surface area (Å²) in [6.45, 7) is 6.82. The minimum atomic E-state index is -0.369. The summed E-state index contributed by atoms with van der Waals surface area (Å²) in [6, 6.07) is 0. The van der Waals surface area contributed by atoms with E-state index in [9.17, 15) is 20.1 Å². The summed E-state index contributed by atoms with van der Waals surface area (Å²) in [4.78, 5) is 11.3. The number of carbonyl (C=O) groups excluding carboxylic acids is 1. The lowest BCUT2D eigenvalue weighted by Gasteiger charge is -2.63. The van der Waals surface area contributed by atoms with Crippen LogP contribution >= 0.6 is 0 Å². The minimum Gasteiger partial charge on any atom is -0.393 e. The summed E-state index contributed by atoms with van der Waals surface area (Å²) in [5.74, 6) is 1.72. The van der Waals surface area contributed by atoms with E-state index in [4.69, 9.17) is 5.73 Å². The molecule has 166 valence electrons. The predicted octanol–water partition coefficient (Wildman–Crippen LogP) is 2.85. The quantitative estimate of drug-likeness (QED) is 0.575. The van der Waals surface area contributed by atoms with Crippen LogP contribution in [0.2, 0.25) is 0 Å². The van der Waals surface area contributed by atoms with Crippen LogP contribution in [0.25, 0.3) is 0 Å². The molecule has 1 amide bonds. The van der Waals surface area contributed by atoms with Gasteiger partial charge in [0.05, 0.1) is 18.3 Å². The monoisotopic (exact) mass is 407 g/mol. The highest BCUT2D eigenvalue weighted by atomic mass is 16.3. The Hall–Kier alpha value is -0.650. The molecule has 0 aromatic carbocycles. The Balaban J connectivity index is 1.61. The summed E-state index contributed by atoms with van der Waals surface area (Å²) in [6.07, 6.45) is 6.56. The average Bonchev–Trinajstić information content (AvgIpc) is 3.01. The van der Waals surface area contributed by atoms with E-state index in [1.807, 2.05) is 0 Å². The van der Waals surface area contributed by atoms with Crippen molar-refractivity contribution in [3.8, 4) is 0 Å². The van der Waals surface area contributed by atoms with Crippen molar-refractivity contribution in [1.29, 1.82) is 0 Å². The lowest BCUT2D eigenvalue weighted by Crippen LogP contribution is -2.62. The number of nitrogens with two attached hydrogens (primary N) is 1. The fourth-order valence-corrected chi connectivity index (χ4v) is 8.70. The summed E-state index contributed by atoms with van der Waals surface area (Å²) in [5.41, 5.74) is 5.30. The summed E-state index contributed by atoms with van der Waals surface area (Å²) in [5, 5.41) is 33.0. The molecule has 5 heteroatoms. The zero-order valence-corrected chi connectivity index (χ0v) is 18.4. The highest BCUT2D eigenvalue weighted by Gasteiger charge is 2.65. The number of aliphatic hydroxyl groups is 3. The van der Waals surface area contributed by atoms with E-state index in [0.29, 0.717) is 36.0 Å². The highest BCUT2D eigenvalue weighted by Crippen LogP contribution is 2.68. The van der Waals surface area contributed by atoms with Crippen molar-refractivity contribution in [2.45, 2.75) is 96.9 Å². The minimum absolute atomic E-state index is 0.112. The number of fused-ring (bicyclic) bond motifs is 5. The summed E-state index contributed by atoms with van der Waals surface area (Å²) >= 11 is 0. The van der Waals surface area contributed by atoms with Gasteiger partial charge >= 0.3 is 0 Å². The molecule has 0 aromatic rings. The van der Waals surface area contributed by atoms with E-state index in [2.05, 4.69) is 20.8 Å². The third-order valence-corrected chi connectivity index (χ3v) is 10.4. The van der Waals surface area contributed by atoms with Crippen molar-refractivity contribution in [3.63, 3.8) is 0 Å². The number of rotatable bonds is 4. The van der Waals surface area contributed by atoms with Crippen LogP contribution in [0.15, 0.2) is 0 Å². The van der Waals surface area contributed by atoms with Gasteiger partial charge in [-0.15, -0.1) is 0 Å². The van der Waals surface area contributed by atoms with Crippen molar-refractivity contribution in [3.05, 3.63) is 0 Å². The van der Waals surface area contributed by atoms with Crippen molar-refractivity contribution in [1.82, 2.24) is 0 Å². The van der Waals surface area contributed by atoms with Crippen molar-refractivity contribution in [2.24, 2.45) is 52.1 Å². The molecule has 0 bridgehead atoms. The largest absolute Gasteiger partial charge is 0.393 e. The van der Waals surface area contributed by atoms with Crippen molar-refractivity contribution >= 4 is 5.91 Å². The third kappa shape index (κ3) is 3.27. The normalized spacial score (nSPS) is 52.9. The Morgan fingerprint density at radius 1 is 1.07 bits per heavy atom. The molecule has 5 N–H and O–H groups in total. The fourth-order valence-electron chi connectivity index (χ4n) is 8.70. The molecule has 0 unspecified atom stereocenters. The number of primary amides is 1. The topological polar surface area (TPSA) is 104 Å². The molecule has 0 aromatic heterocycles. The van der Waals surface area contributed by atoms with Crippen LogP contribution in [0.1, 0.15) is 78.6 Å². The van der Waals surface area contributed by atoms with Gasteiger partial charge in [0.25, 0.3) is 0 Å².